The van der Waals surface area contributed by atoms with Crippen LogP contribution in [0, 0.1) is 0 Å². The van der Waals surface area contributed by atoms with Gasteiger partial charge in [0.2, 0.25) is 0 Å². The van der Waals surface area contributed by atoms with Crippen molar-refractivity contribution in [1.29, 1.82) is 0 Å². The van der Waals surface area contributed by atoms with Crippen LogP contribution in [-0.4, -0.2) is 24.8 Å². The van der Waals surface area contributed by atoms with Crippen molar-refractivity contribution in [2.24, 2.45) is 0 Å². The average molecular weight is 140 g/mol. The lowest BCUT2D eigenvalue weighted by atomic mass is 10.0. The fourth-order valence-electron chi connectivity index (χ4n) is 1.26. The van der Waals surface area contributed by atoms with Crippen LogP contribution < -0.4 is 0 Å². The summed E-state index contributed by atoms with van der Waals surface area (Å²) in [6.07, 6.45) is 3.87. The van der Waals surface area contributed by atoms with E-state index < -0.39 is 0 Å². The molecule has 1 aliphatic heterocycles. The monoisotopic (exact) mass is 140 g/mol. The van der Waals surface area contributed by atoms with E-state index in [1.807, 2.05) is 6.08 Å². The Balaban J connectivity index is 2.20. The van der Waals surface area contributed by atoms with Gasteiger partial charge in [0.05, 0.1) is 6.10 Å². The van der Waals surface area contributed by atoms with E-state index in [1.54, 1.807) is 6.08 Å². The number of rotatable bonds is 0. The summed E-state index contributed by atoms with van der Waals surface area (Å²) in [5.74, 6) is 0.0359. The third-order valence-electron chi connectivity index (χ3n) is 1.80. The van der Waals surface area contributed by atoms with E-state index in [0.717, 1.165) is 6.42 Å². The second-order valence-corrected chi connectivity index (χ2v) is 2.45. The zero-order chi connectivity index (χ0) is 6.97. The molecule has 54 valence electrons. The first-order chi connectivity index (χ1) is 4.88. The second kappa shape index (κ2) is 2.18. The van der Waals surface area contributed by atoms with Crippen LogP contribution in [0.5, 0.6) is 0 Å². The highest BCUT2D eigenvalue weighted by Gasteiger charge is 2.35. The molecule has 1 fully saturated rings. The molecule has 0 aromatic heterocycles. The van der Waals surface area contributed by atoms with E-state index in [0.29, 0.717) is 0 Å². The van der Waals surface area contributed by atoms with Crippen molar-refractivity contribution < 1.29 is 14.3 Å². The van der Waals surface area contributed by atoms with Gasteiger partial charge in [0.15, 0.2) is 5.78 Å². The predicted octanol–water partition coefficient (Wildman–Crippen LogP) is 0.257. The van der Waals surface area contributed by atoms with Crippen LogP contribution in [0.1, 0.15) is 6.42 Å². The summed E-state index contributed by atoms with van der Waals surface area (Å²) in [4.78, 5) is 11.0. The zero-order valence-electron chi connectivity index (χ0n) is 5.45. The summed E-state index contributed by atoms with van der Waals surface area (Å²) in [7, 11) is 0. The molecule has 1 saturated heterocycles. The molecule has 0 saturated carbocycles. The maximum atomic E-state index is 11.0. The molecule has 0 unspecified atom stereocenters. The summed E-state index contributed by atoms with van der Waals surface area (Å²) in [5, 5.41) is 0. The van der Waals surface area contributed by atoms with E-state index >= 15 is 0 Å². The molecule has 0 amide bonds. The lowest BCUT2D eigenvalue weighted by Gasteiger charge is -2.15. The van der Waals surface area contributed by atoms with Crippen LogP contribution in [0.3, 0.4) is 0 Å². The Hall–Kier alpha value is -0.670. The molecule has 1 heterocycles. The Labute approximate surface area is 58.6 Å². The normalized spacial score (nSPS) is 38.2. The number of hydrogen-bond donors (Lipinski definition) is 0. The largest absolute Gasteiger partial charge is 0.349 e. The van der Waals surface area contributed by atoms with Gasteiger partial charge in [0, 0.05) is 0 Å². The first-order valence-corrected chi connectivity index (χ1v) is 3.31. The van der Waals surface area contributed by atoms with Crippen LogP contribution >= 0.6 is 0 Å². The maximum absolute atomic E-state index is 11.0. The van der Waals surface area contributed by atoms with Crippen LogP contribution in [0.2, 0.25) is 0 Å². The number of ether oxygens (including phenoxy) is 2. The van der Waals surface area contributed by atoms with E-state index in [4.69, 9.17) is 9.47 Å². The second-order valence-electron chi connectivity index (χ2n) is 2.45. The van der Waals surface area contributed by atoms with Crippen molar-refractivity contribution in [3.63, 3.8) is 0 Å². The number of carbonyl (C=O) groups is 1. The Morgan fingerprint density at radius 1 is 1.50 bits per heavy atom. The van der Waals surface area contributed by atoms with Gasteiger partial charge >= 0.3 is 0 Å². The van der Waals surface area contributed by atoms with Crippen molar-refractivity contribution >= 4 is 5.78 Å². The molecule has 2 aliphatic rings. The summed E-state index contributed by atoms with van der Waals surface area (Å²) >= 11 is 0. The number of fused-ring (bicyclic) bond motifs is 1. The third-order valence-corrected chi connectivity index (χ3v) is 1.80. The van der Waals surface area contributed by atoms with E-state index in [1.165, 1.54) is 0 Å². The standard InChI is InChI=1S/C7H8O3/c8-5-2-1-3-6-7(5)10-4-9-6/h1-2,6-7H,3-4H2/t6-,7+/m0/s1. The van der Waals surface area contributed by atoms with E-state index in [2.05, 4.69) is 0 Å². The van der Waals surface area contributed by atoms with Crippen molar-refractivity contribution in [2.45, 2.75) is 18.6 Å². The van der Waals surface area contributed by atoms with Gasteiger partial charge in [0.25, 0.3) is 0 Å². The maximum Gasteiger partial charge on any atom is 0.186 e. The molecule has 0 N–H and O–H groups in total. The summed E-state index contributed by atoms with van der Waals surface area (Å²) in [5.41, 5.74) is 0. The molecule has 0 radical (unpaired) electrons. The molecule has 2 atom stereocenters. The van der Waals surface area contributed by atoms with Crippen LogP contribution in [0.25, 0.3) is 0 Å². The van der Waals surface area contributed by atoms with Gasteiger partial charge in [0.1, 0.15) is 12.9 Å². The van der Waals surface area contributed by atoms with Gasteiger partial charge in [-0.25, -0.2) is 0 Å². The Kier molecular flexibility index (Phi) is 1.32. The van der Waals surface area contributed by atoms with Gasteiger partial charge in [-0.3, -0.25) is 4.79 Å². The topological polar surface area (TPSA) is 35.5 Å². The van der Waals surface area contributed by atoms with Gasteiger partial charge in [-0.05, 0) is 12.5 Å². The third kappa shape index (κ3) is 0.786. The molecule has 0 bridgehead atoms. The van der Waals surface area contributed by atoms with Crippen molar-refractivity contribution in [3.05, 3.63) is 12.2 Å². The Morgan fingerprint density at radius 2 is 2.40 bits per heavy atom. The molecule has 2 rings (SSSR count). The molecule has 0 spiro atoms. The molecule has 10 heavy (non-hydrogen) atoms. The lowest BCUT2D eigenvalue weighted by molar-refractivity contribution is -0.123. The molecular weight excluding hydrogens is 132 g/mol. The average Bonchev–Trinajstić information content (AvgIpc) is 2.36. The predicted molar refractivity (Wildman–Crippen MR) is 33.4 cm³/mol. The highest BCUT2D eigenvalue weighted by atomic mass is 16.7. The number of carbonyl (C=O) groups excluding carboxylic acids is 1. The minimum Gasteiger partial charge on any atom is -0.349 e. The van der Waals surface area contributed by atoms with Crippen molar-refractivity contribution in [3.8, 4) is 0 Å². The molecule has 0 aromatic carbocycles. The summed E-state index contributed by atoms with van der Waals surface area (Å²) in [6, 6.07) is 0. The molecule has 3 nitrogen and oxygen atoms in total. The Morgan fingerprint density at radius 3 is 3.20 bits per heavy atom. The molecule has 0 aromatic rings. The van der Waals surface area contributed by atoms with Crippen LogP contribution in [0.15, 0.2) is 12.2 Å². The van der Waals surface area contributed by atoms with Crippen LogP contribution in [-0.2, 0) is 14.3 Å². The van der Waals surface area contributed by atoms with Crippen molar-refractivity contribution in [2.75, 3.05) is 6.79 Å². The molecule has 3 heteroatoms. The smallest absolute Gasteiger partial charge is 0.186 e. The zero-order valence-corrected chi connectivity index (χ0v) is 5.45. The van der Waals surface area contributed by atoms with Gasteiger partial charge in [-0.2, -0.15) is 0 Å². The summed E-state index contributed by atoms with van der Waals surface area (Å²) in [6.45, 7) is 0.267. The van der Waals surface area contributed by atoms with Crippen molar-refractivity contribution in [1.82, 2.24) is 0 Å². The Bertz CT molecular complexity index is 185. The first kappa shape index (κ1) is 6.07. The van der Waals surface area contributed by atoms with Gasteiger partial charge in [-0.15, -0.1) is 0 Å². The SMILES string of the molecule is O=C1C=CC[C@@H]2OCO[C@H]12. The van der Waals surface area contributed by atoms with Gasteiger partial charge < -0.3 is 9.47 Å². The minimum atomic E-state index is -0.315. The van der Waals surface area contributed by atoms with E-state index in [9.17, 15) is 4.79 Å². The summed E-state index contributed by atoms with van der Waals surface area (Å²) < 4.78 is 10.2. The van der Waals surface area contributed by atoms with Gasteiger partial charge in [-0.1, -0.05) is 6.08 Å². The minimum absolute atomic E-state index is 0.0162. The number of ketones is 1. The quantitative estimate of drug-likeness (QED) is 0.484. The number of hydrogen-bond acceptors (Lipinski definition) is 3. The highest BCUT2D eigenvalue weighted by Crippen LogP contribution is 2.21. The molecular formula is C7H8O3. The molecule has 1 aliphatic carbocycles. The first-order valence-electron chi connectivity index (χ1n) is 3.31. The van der Waals surface area contributed by atoms with Crippen LogP contribution in [0.4, 0.5) is 0 Å². The lowest BCUT2D eigenvalue weighted by Crippen LogP contribution is -2.32. The fourth-order valence-corrected chi connectivity index (χ4v) is 1.26. The van der Waals surface area contributed by atoms with E-state index in [-0.39, 0.29) is 24.8 Å². The highest BCUT2D eigenvalue weighted by molar-refractivity contribution is 5.95. The fraction of sp³-hybridized carbons (Fsp3) is 0.571.